The van der Waals surface area contributed by atoms with E-state index in [1.54, 1.807) is 11.8 Å². The number of non-ortho nitro benzene ring substituents is 1. The van der Waals surface area contributed by atoms with Crippen LogP contribution in [0.2, 0.25) is 0 Å². The van der Waals surface area contributed by atoms with Crippen LogP contribution in [0.3, 0.4) is 0 Å². The first-order valence-electron chi connectivity index (χ1n) is 8.81. The third-order valence-corrected chi connectivity index (χ3v) is 5.86. The predicted octanol–water partition coefficient (Wildman–Crippen LogP) is 3.71. The number of nitro groups is 1. The van der Waals surface area contributed by atoms with Crippen LogP contribution >= 0.6 is 11.3 Å². The Balaban J connectivity index is 1.83. The third kappa shape index (κ3) is 3.87. The van der Waals surface area contributed by atoms with E-state index in [-0.39, 0.29) is 22.7 Å². The molecular formula is C19H18N4O4S. The van der Waals surface area contributed by atoms with E-state index < -0.39 is 10.8 Å². The lowest BCUT2D eigenvalue weighted by molar-refractivity contribution is -0.384. The van der Waals surface area contributed by atoms with Crippen LogP contribution in [0.5, 0.6) is 0 Å². The summed E-state index contributed by atoms with van der Waals surface area (Å²) >= 11 is 1.09. The number of nitrogens with one attached hydrogen (secondary N) is 1. The van der Waals surface area contributed by atoms with E-state index in [0.29, 0.717) is 28.5 Å². The average molecular weight is 398 g/mol. The fourth-order valence-electron chi connectivity index (χ4n) is 3.09. The summed E-state index contributed by atoms with van der Waals surface area (Å²) in [7, 11) is 0. The van der Waals surface area contributed by atoms with Crippen LogP contribution in [0.25, 0.3) is 0 Å². The first-order valence-corrected chi connectivity index (χ1v) is 9.62. The standard InChI is InChI=1S/C19H18N4O4S/c1-12-15(11-20)18(28-16(12)19(25)22-9-3-2-4-10-22)21-17(24)13-5-7-14(8-6-13)23(26)27/h5-8H,2-4,9-10H2,1H3,(H,21,24). The molecule has 0 saturated carbocycles. The maximum atomic E-state index is 12.8. The van der Waals surface area contributed by atoms with E-state index in [9.17, 15) is 25.0 Å². The van der Waals surface area contributed by atoms with E-state index >= 15 is 0 Å². The van der Waals surface area contributed by atoms with Gasteiger partial charge in [-0.1, -0.05) is 0 Å². The van der Waals surface area contributed by atoms with Crippen molar-refractivity contribution >= 4 is 33.8 Å². The minimum Gasteiger partial charge on any atom is -0.338 e. The number of piperidine rings is 1. The number of carbonyl (C=O) groups is 2. The van der Waals surface area contributed by atoms with Crippen molar-refractivity contribution in [3.8, 4) is 6.07 Å². The predicted molar refractivity (Wildman–Crippen MR) is 105 cm³/mol. The van der Waals surface area contributed by atoms with Gasteiger partial charge in [0.15, 0.2) is 0 Å². The van der Waals surface area contributed by atoms with E-state index in [1.807, 2.05) is 0 Å². The molecule has 1 aliphatic rings. The molecule has 1 saturated heterocycles. The largest absolute Gasteiger partial charge is 0.338 e. The van der Waals surface area contributed by atoms with Crippen molar-refractivity contribution in [1.82, 2.24) is 4.90 Å². The Morgan fingerprint density at radius 2 is 1.86 bits per heavy atom. The number of amides is 2. The van der Waals surface area contributed by atoms with Crippen molar-refractivity contribution in [2.24, 2.45) is 0 Å². The van der Waals surface area contributed by atoms with Gasteiger partial charge >= 0.3 is 0 Å². The maximum Gasteiger partial charge on any atom is 0.269 e. The number of carbonyl (C=O) groups excluding carboxylic acids is 2. The van der Waals surface area contributed by atoms with Gasteiger partial charge < -0.3 is 10.2 Å². The van der Waals surface area contributed by atoms with Gasteiger partial charge in [0.2, 0.25) is 0 Å². The number of nitriles is 1. The molecular weight excluding hydrogens is 380 g/mol. The van der Waals surface area contributed by atoms with Gasteiger partial charge in [0.05, 0.1) is 15.4 Å². The Kier molecular flexibility index (Phi) is 5.70. The summed E-state index contributed by atoms with van der Waals surface area (Å²) in [5, 5.41) is 23.2. The smallest absolute Gasteiger partial charge is 0.269 e. The van der Waals surface area contributed by atoms with Gasteiger partial charge in [0, 0.05) is 30.8 Å². The second kappa shape index (κ2) is 8.19. The van der Waals surface area contributed by atoms with Crippen LogP contribution in [0.15, 0.2) is 24.3 Å². The Labute approximate surface area is 165 Å². The summed E-state index contributed by atoms with van der Waals surface area (Å²) in [6.45, 7) is 3.10. The molecule has 9 heteroatoms. The molecule has 0 unspecified atom stereocenters. The highest BCUT2D eigenvalue weighted by Gasteiger charge is 2.26. The van der Waals surface area contributed by atoms with Crippen molar-refractivity contribution in [2.75, 3.05) is 18.4 Å². The molecule has 0 radical (unpaired) electrons. The molecule has 28 heavy (non-hydrogen) atoms. The molecule has 0 atom stereocenters. The van der Waals surface area contributed by atoms with E-state index in [0.717, 1.165) is 30.6 Å². The van der Waals surface area contributed by atoms with Crippen LogP contribution in [-0.4, -0.2) is 34.7 Å². The quantitative estimate of drug-likeness (QED) is 0.622. The topological polar surface area (TPSA) is 116 Å². The first kappa shape index (κ1) is 19.5. The maximum absolute atomic E-state index is 12.8. The molecule has 3 rings (SSSR count). The highest BCUT2D eigenvalue weighted by molar-refractivity contribution is 7.18. The summed E-state index contributed by atoms with van der Waals surface area (Å²) in [5.74, 6) is -0.612. The Bertz CT molecular complexity index is 969. The molecule has 8 nitrogen and oxygen atoms in total. The molecule has 0 bridgehead atoms. The summed E-state index contributed by atoms with van der Waals surface area (Å²) in [4.78, 5) is 37.7. The fourth-order valence-corrected chi connectivity index (χ4v) is 4.21. The summed E-state index contributed by atoms with van der Waals surface area (Å²) < 4.78 is 0. The zero-order valence-electron chi connectivity index (χ0n) is 15.2. The minimum atomic E-state index is -0.545. The number of nitrogens with zero attached hydrogens (tertiary/aromatic N) is 3. The minimum absolute atomic E-state index is 0.115. The summed E-state index contributed by atoms with van der Waals surface area (Å²) in [6, 6.07) is 7.23. The molecule has 1 aliphatic heterocycles. The molecule has 1 aromatic carbocycles. The first-order chi connectivity index (χ1) is 13.4. The fraction of sp³-hybridized carbons (Fsp3) is 0.316. The molecule has 0 spiro atoms. The zero-order valence-corrected chi connectivity index (χ0v) is 16.0. The highest BCUT2D eigenvalue weighted by atomic mass is 32.1. The summed E-state index contributed by atoms with van der Waals surface area (Å²) in [5.41, 5.74) is 0.933. The Morgan fingerprint density at radius 3 is 2.43 bits per heavy atom. The SMILES string of the molecule is Cc1c(C(=O)N2CCCCC2)sc(NC(=O)c2ccc([N+](=O)[O-])cc2)c1C#N. The van der Waals surface area contributed by atoms with Crippen LogP contribution in [0.1, 0.15) is 50.4 Å². The second-order valence-electron chi connectivity index (χ2n) is 6.48. The Hall–Kier alpha value is -3.25. The summed E-state index contributed by atoms with van der Waals surface area (Å²) in [6.07, 6.45) is 3.03. The van der Waals surface area contributed by atoms with Crippen molar-refractivity contribution in [1.29, 1.82) is 5.26 Å². The van der Waals surface area contributed by atoms with Crippen molar-refractivity contribution in [3.63, 3.8) is 0 Å². The Morgan fingerprint density at radius 1 is 1.21 bits per heavy atom. The van der Waals surface area contributed by atoms with Gasteiger partial charge in [-0.2, -0.15) is 5.26 Å². The van der Waals surface area contributed by atoms with Gasteiger partial charge in [-0.15, -0.1) is 11.3 Å². The number of anilines is 1. The van der Waals surface area contributed by atoms with Gasteiger partial charge in [0.25, 0.3) is 17.5 Å². The molecule has 2 amide bonds. The number of likely N-dealkylation sites (tertiary alicyclic amines) is 1. The van der Waals surface area contributed by atoms with Crippen LogP contribution in [0.4, 0.5) is 10.7 Å². The number of benzene rings is 1. The van der Waals surface area contributed by atoms with Crippen LogP contribution in [-0.2, 0) is 0 Å². The highest BCUT2D eigenvalue weighted by Crippen LogP contribution is 2.34. The number of thiophene rings is 1. The molecule has 1 N–H and O–H groups in total. The van der Waals surface area contributed by atoms with Crippen molar-refractivity contribution in [2.45, 2.75) is 26.2 Å². The molecule has 1 aromatic heterocycles. The van der Waals surface area contributed by atoms with Gasteiger partial charge in [-0.25, -0.2) is 0 Å². The number of hydrogen-bond acceptors (Lipinski definition) is 6. The number of hydrogen-bond donors (Lipinski definition) is 1. The van der Waals surface area contributed by atoms with Gasteiger partial charge in [0.1, 0.15) is 11.1 Å². The lowest BCUT2D eigenvalue weighted by atomic mass is 10.1. The molecule has 144 valence electrons. The van der Waals surface area contributed by atoms with E-state index in [4.69, 9.17) is 0 Å². The van der Waals surface area contributed by atoms with Crippen LogP contribution in [0, 0.1) is 28.4 Å². The van der Waals surface area contributed by atoms with Crippen LogP contribution < -0.4 is 5.32 Å². The van der Waals surface area contributed by atoms with Crippen molar-refractivity contribution < 1.29 is 14.5 Å². The molecule has 0 aliphatic carbocycles. The zero-order chi connectivity index (χ0) is 20.3. The van der Waals surface area contributed by atoms with E-state index in [2.05, 4.69) is 11.4 Å². The lowest BCUT2D eigenvalue weighted by Gasteiger charge is -2.26. The third-order valence-electron chi connectivity index (χ3n) is 4.66. The monoisotopic (exact) mass is 398 g/mol. The van der Waals surface area contributed by atoms with Gasteiger partial charge in [-0.3, -0.25) is 19.7 Å². The lowest BCUT2D eigenvalue weighted by Crippen LogP contribution is -2.35. The molecule has 2 heterocycles. The molecule has 1 fully saturated rings. The van der Waals surface area contributed by atoms with Crippen molar-refractivity contribution in [3.05, 3.63) is 55.9 Å². The second-order valence-corrected chi connectivity index (χ2v) is 7.50. The van der Waals surface area contributed by atoms with E-state index in [1.165, 1.54) is 24.3 Å². The number of nitro benzene ring substituents is 1. The number of rotatable bonds is 4. The van der Waals surface area contributed by atoms with Gasteiger partial charge in [-0.05, 0) is 43.9 Å². The normalized spacial score (nSPS) is 13.6. The average Bonchev–Trinajstić information content (AvgIpc) is 3.03. The molecule has 2 aromatic rings.